The van der Waals surface area contributed by atoms with Crippen molar-refractivity contribution in [1.82, 2.24) is 0 Å². The van der Waals surface area contributed by atoms with Crippen molar-refractivity contribution in [3.8, 4) is 0 Å². The number of fused-ring (bicyclic) bond motifs is 3. The normalized spacial score (nSPS) is 25.4. The lowest BCUT2D eigenvalue weighted by Gasteiger charge is -2.44. The summed E-state index contributed by atoms with van der Waals surface area (Å²) in [4.78, 5) is 42.0. The van der Waals surface area contributed by atoms with Gasteiger partial charge >= 0.3 is 17.9 Å². The number of rotatable bonds is 8. The molecule has 9 nitrogen and oxygen atoms in total. The summed E-state index contributed by atoms with van der Waals surface area (Å²) in [5.41, 5.74) is 2.13. The zero-order chi connectivity index (χ0) is 37.6. The summed E-state index contributed by atoms with van der Waals surface area (Å²) in [7, 11) is 1.37. The van der Waals surface area contributed by atoms with Crippen molar-refractivity contribution in [3.63, 3.8) is 0 Å². The predicted molar refractivity (Wildman–Crippen MR) is 207 cm³/mol. The van der Waals surface area contributed by atoms with Crippen LogP contribution in [-0.4, -0.2) is 67.4 Å². The van der Waals surface area contributed by atoms with Gasteiger partial charge in [-0.1, -0.05) is 113 Å². The van der Waals surface area contributed by atoms with Crippen LogP contribution in [0.3, 0.4) is 0 Å². The molecule has 1 fully saturated rings. The van der Waals surface area contributed by atoms with Crippen LogP contribution in [0.2, 0.25) is 0 Å². The molecule has 5 aromatic rings. The van der Waals surface area contributed by atoms with Gasteiger partial charge in [-0.2, -0.15) is 0 Å². The Morgan fingerprint density at radius 1 is 0.722 bits per heavy atom. The second kappa shape index (κ2) is 17.1. The number of benzene rings is 5. The number of ether oxygens (including phenoxy) is 5. The van der Waals surface area contributed by atoms with Gasteiger partial charge in [-0.25, -0.2) is 4.79 Å². The molecule has 2 aliphatic rings. The van der Waals surface area contributed by atoms with Gasteiger partial charge in [-0.05, 0) is 82.6 Å². The molecule has 2 heterocycles. The SMILES string of the molecule is CO[C@H]1O[C@H](CO)[C@@H](OC(=O)c2ccc(Br)cc2)[C@@H]2OC(=O)[C@@H](Cc3ccc4ccccc4c3)C/C=C\C[C@H](Cc3ccc4ccccc4c3)C(=O)O[C@@H]12. The summed E-state index contributed by atoms with van der Waals surface area (Å²) in [5.74, 6) is -3.13. The Balaban J connectivity index is 1.24. The maximum atomic E-state index is 14.3. The summed E-state index contributed by atoms with van der Waals surface area (Å²) in [6.07, 6.45) is -1.21. The first-order valence-corrected chi connectivity index (χ1v) is 18.9. The fraction of sp³-hybridized carbons (Fsp3) is 0.295. The smallest absolute Gasteiger partial charge is 0.338 e. The third-order valence-electron chi connectivity index (χ3n) is 10.1. The minimum atomic E-state index is -1.37. The molecule has 5 aromatic carbocycles. The van der Waals surface area contributed by atoms with E-state index in [4.69, 9.17) is 23.7 Å². The maximum absolute atomic E-state index is 14.3. The van der Waals surface area contributed by atoms with Crippen molar-refractivity contribution in [2.45, 2.75) is 56.4 Å². The van der Waals surface area contributed by atoms with E-state index in [-0.39, 0.29) is 5.56 Å². The fourth-order valence-corrected chi connectivity index (χ4v) is 7.47. The zero-order valence-corrected chi connectivity index (χ0v) is 31.3. The van der Waals surface area contributed by atoms with Crippen molar-refractivity contribution in [3.05, 3.63) is 143 Å². The lowest BCUT2D eigenvalue weighted by Crippen LogP contribution is -2.63. The van der Waals surface area contributed by atoms with Gasteiger partial charge in [0.2, 0.25) is 0 Å². The largest absolute Gasteiger partial charge is 0.454 e. The van der Waals surface area contributed by atoms with Crippen molar-refractivity contribution >= 4 is 55.4 Å². The molecule has 278 valence electrons. The van der Waals surface area contributed by atoms with Crippen molar-refractivity contribution in [2.75, 3.05) is 13.7 Å². The highest BCUT2D eigenvalue weighted by atomic mass is 79.9. The summed E-state index contributed by atoms with van der Waals surface area (Å²) in [6, 6.07) is 34.8. The highest BCUT2D eigenvalue weighted by Crippen LogP contribution is 2.33. The molecule has 54 heavy (non-hydrogen) atoms. The van der Waals surface area contributed by atoms with E-state index in [2.05, 4.69) is 28.1 Å². The average Bonchev–Trinajstić information content (AvgIpc) is 3.19. The molecule has 0 saturated carbocycles. The predicted octanol–water partition coefficient (Wildman–Crippen LogP) is 7.54. The molecule has 0 unspecified atom stereocenters. The molecule has 7 rings (SSSR count). The molecule has 0 spiro atoms. The van der Waals surface area contributed by atoms with Crippen LogP contribution in [0, 0.1) is 11.8 Å². The van der Waals surface area contributed by atoms with Crippen LogP contribution in [0.5, 0.6) is 0 Å². The number of carbonyl (C=O) groups excluding carboxylic acids is 3. The van der Waals surface area contributed by atoms with Gasteiger partial charge in [-0.3, -0.25) is 9.59 Å². The van der Waals surface area contributed by atoms with Gasteiger partial charge in [0.15, 0.2) is 24.6 Å². The molecule has 0 bridgehead atoms. The van der Waals surface area contributed by atoms with Crippen LogP contribution in [-0.2, 0) is 46.1 Å². The lowest BCUT2D eigenvalue weighted by molar-refractivity contribution is -0.301. The number of aliphatic hydroxyl groups excluding tert-OH is 1. The number of halogens is 1. The van der Waals surface area contributed by atoms with Crippen LogP contribution in [0.1, 0.15) is 34.3 Å². The van der Waals surface area contributed by atoms with E-state index in [1.54, 1.807) is 24.3 Å². The first-order valence-electron chi connectivity index (χ1n) is 18.1. The molecule has 0 radical (unpaired) electrons. The second-order valence-corrected chi connectivity index (χ2v) is 14.7. The third kappa shape index (κ3) is 8.58. The molecular formula is C44H41BrO9. The topological polar surface area (TPSA) is 118 Å². The van der Waals surface area contributed by atoms with Gasteiger partial charge in [0.1, 0.15) is 6.10 Å². The third-order valence-corrected chi connectivity index (χ3v) is 10.6. The fourth-order valence-electron chi connectivity index (χ4n) is 7.20. The summed E-state index contributed by atoms with van der Waals surface area (Å²) in [6.45, 7) is -0.597. The Labute approximate surface area is 321 Å². The van der Waals surface area contributed by atoms with Crippen LogP contribution < -0.4 is 0 Å². The lowest BCUT2D eigenvalue weighted by atomic mass is 9.91. The molecule has 0 amide bonds. The molecule has 0 aromatic heterocycles. The Bertz CT molecular complexity index is 2150. The number of hydrogen-bond acceptors (Lipinski definition) is 9. The Kier molecular flexibility index (Phi) is 11.8. The quantitative estimate of drug-likeness (QED) is 0.0967. The van der Waals surface area contributed by atoms with Gasteiger partial charge in [0.05, 0.1) is 24.0 Å². The van der Waals surface area contributed by atoms with Gasteiger partial charge < -0.3 is 28.8 Å². The monoisotopic (exact) mass is 792 g/mol. The Morgan fingerprint density at radius 3 is 1.76 bits per heavy atom. The van der Waals surface area contributed by atoms with Crippen LogP contribution in [0.15, 0.2) is 126 Å². The molecule has 0 aliphatic carbocycles. The van der Waals surface area contributed by atoms with Crippen LogP contribution in [0.25, 0.3) is 21.5 Å². The van der Waals surface area contributed by atoms with Crippen LogP contribution in [0.4, 0.5) is 0 Å². The maximum Gasteiger partial charge on any atom is 0.338 e. The van der Waals surface area contributed by atoms with E-state index in [9.17, 15) is 19.5 Å². The van der Waals surface area contributed by atoms with Crippen molar-refractivity contribution < 1.29 is 43.2 Å². The van der Waals surface area contributed by atoms with E-state index < -0.39 is 67.1 Å². The van der Waals surface area contributed by atoms with Gasteiger partial charge in [0, 0.05) is 11.6 Å². The Hall–Kier alpha value is -4.87. The zero-order valence-electron chi connectivity index (χ0n) is 29.7. The summed E-state index contributed by atoms with van der Waals surface area (Å²) >= 11 is 3.38. The standard InChI is InChI=1S/C44H41BrO9/c1-50-44-40-39(38(37(26-46)51-44)52-41(47)31-18-20-36(45)21-19-31)53-42(48)34(24-27-14-16-29-8-2-4-10-32(29)22-27)12-6-7-13-35(43(49)54-40)25-28-15-17-30-9-3-5-11-33(30)23-28/h2-11,14-23,34-35,37-40,44,46H,12-13,24-26H2,1H3/b7-6-/t34-,35-,37-,38-,39+,40-,44+/m1/s1. The number of aliphatic hydroxyl groups is 1. The van der Waals surface area contributed by atoms with E-state index >= 15 is 0 Å². The van der Waals surface area contributed by atoms with Crippen LogP contribution >= 0.6 is 15.9 Å². The highest BCUT2D eigenvalue weighted by molar-refractivity contribution is 9.10. The number of carbonyl (C=O) groups is 3. The average molecular weight is 794 g/mol. The number of hydrogen-bond donors (Lipinski definition) is 1. The van der Waals surface area contributed by atoms with Crippen molar-refractivity contribution in [1.29, 1.82) is 0 Å². The van der Waals surface area contributed by atoms with Gasteiger partial charge in [0.25, 0.3) is 0 Å². The Morgan fingerprint density at radius 2 is 1.24 bits per heavy atom. The van der Waals surface area contributed by atoms with Gasteiger partial charge in [-0.15, -0.1) is 0 Å². The number of allylic oxidation sites excluding steroid dienone is 2. The van der Waals surface area contributed by atoms with E-state index in [1.165, 1.54) is 7.11 Å². The molecule has 1 N–H and O–H groups in total. The molecule has 1 saturated heterocycles. The second-order valence-electron chi connectivity index (χ2n) is 13.7. The van der Waals surface area contributed by atoms with E-state index in [1.807, 2.05) is 84.9 Å². The first kappa shape index (κ1) is 37.4. The van der Waals surface area contributed by atoms with E-state index in [0.29, 0.717) is 25.7 Å². The first-order chi connectivity index (χ1) is 26.3. The highest BCUT2D eigenvalue weighted by Gasteiger charge is 2.53. The molecule has 10 heteroatoms. The summed E-state index contributed by atoms with van der Waals surface area (Å²) < 4.78 is 30.9. The van der Waals surface area contributed by atoms with Crippen molar-refractivity contribution in [2.24, 2.45) is 11.8 Å². The number of esters is 3. The minimum absolute atomic E-state index is 0.228. The number of methoxy groups -OCH3 is 1. The van der Waals surface area contributed by atoms with E-state index in [0.717, 1.165) is 37.1 Å². The molecule has 2 aliphatic heterocycles. The minimum Gasteiger partial charge on any atom is -0.454 e. The summed E-state index contributed by atoms with van der Waals surface area (Å²) in [5, 5.41) is 14.8. The molecular weight excluding hydrogens is 752 g/mol. The molecule has 7 atom stereocenters.